The third kappa shape index (κ3) is 3.75. The molecule has 0 heterocycles. The summed E-state index contributed by atoms with van der Waals surface area (Å²) in [6.07, 6.45) is 0. The number of methoxy groups -OCH3 is 1. The summed E-state index contributed by atoms with van der Waals surface area (Å²) in [5.74, 6) is 0.373. The molecule has 1 N–H and O–H groups in total. The van der Waals surface area contributed by atoms with E-state index in [0.29, 0.717) is 12.4 Å². The van der Waals surface area contributed by atoms with Crippen molar-refractivity contribution in [2.75, 3.05) is 19.0 Å². The summed E-state index contributed by atoms with van der Waals surface area (Å²) in [5, 5.41) is 3.20. The SMILES string of the molecule is CCOC(=O)C(Nc1ccccc1OC)c1ccccc1. The Morgan fingerprint density at radius 3 is 2.43 bits per heavy atom. The number of carbonyl (C=O) groups excluding carboxylic acids is 1. The van der Waals surface area contributed by atoms with Crippen LogP contribution in [0.4, 0.5) is 5.69 Å². The van der Waals surface area contributed by atoms with Gasteiger partial charge in [-0.05, 0) is 24.6 Å². The van der Waals surface area contributed by atoms with E-state index < -0.39 is 6.04 Å². The lowest BCUT2D eigenvalue weighted by Gasteiger charge is -2.20. The Hall–Kier alpha value is -2.49. The summed E-state index contributed by atoms with van der Waals surface area (Å²) in [5.41, 5.74) is 1.60. The van der Waals surface area contributed by atoms with Gasteiger partial charge in [0.1, 0.15) is 5.75 Å². The summed E-state index contributed by atoms with van der Waals surface area (Å²) in [7, 11) is 1.60. The van der Waals surface area contributed by atoms with Crippen LogP contribution in [0.25, 0.3) is 0 Å². The van der Waals surface area contributed by atoms with E-state index in [1.807, 2.05) is 54.6 Å². The zero-order chi connectivity index (χ0) is 15.1. The third-order valence-corrected chi connectivity index (χ3v) is 3.06. The van der Waals surface area contributed by atoms with Crippen LogP contribution in [0.1, 0.15) is 18.5 Å². The number of esters is 1. The van der Waals surface area contributed by atoms with Crippen LogP contribution in [0.5, 0.6) is 5.75 Å². The minimum atomic E-state index is -0.567. The van der Waals surface area contributed by atoms with Gasteiger partial charge in [0.2, 0.25) is 0 Å². The van der Waals surface area contributed by atoms with Gasteiger partial charge in [-0.2, -0.15) is 0 Å². The summed E-state index contributed by atoms with van der Waals surface area (Å²) >= 11 is 0. The van der Waals surface area contributed by atoms with Crippen LogP contribution >= 0.6 is 0 Å². The number of hydrogen-bond donors (Lipinski definition) is 1. The van der Waals surface area contributed by atoms with Crippen molar-refractivity contribution >= 4 is 11.7 Å². The van der Waals surface area contributed by atoms with E-state index in [4.69, 9.17) is 9.47 Å². The monoisotopic (exact) mass is 285 g/mol. The highest BCUT2D eigenvalue weighted by Gasteiger charge is 2.22. The molecule has 0 saturated heterocycles. The van der Waals surface area contributed by atoms with Gasteiger partial charge in [0.15, 0.2) is 6.04 Å². The maximum absolute atomic E-state index is 12.2. The molecule has 0 amide bonds. The van der Waals surface area contributed by atoms with Crippen molar-refractivity contribution in [3.8, 4) is 5.75 Å². The van der Waals surface area contributed by atoms with Gasteiger partial charge >= 0.3 is 5.97 Å². The lowest BCUT2D eigenvalue weighted by Crippen LogP contribution is -2.23. The van der Waals surface area contributed by atoms with E-state index in [2.05, 4.69) is 5.32 Å². The van der Waals surface area contributed by atoms with Crippen LogP contribution in [-0.4, -0.2) is 19.7 Å². The van der Waals surface area contributed by atoms with E-state index in [1.54, 1.807) is 14.0 Å². The Morgan fingerprint density at radius 2 is 1.76 bits per heavy atom. The number of ether oxygens (including phenoxy) is 2. The van der Waals surface area contributed by atoms with E-state index in [0.717, 1.165) is 11.3 Å². The Balaban J connectivity index is 2.30. The zero-order valence-corrected chi connectivity index (χ0v) is 12.2. The maximum Gasteiger partial charge on any atom is 0.333 e. The molecule has 110 valence electrons. The van der Waals surface area contributed by atoms with Gasteiger partial charge < -0.3 is 14.8 Å². The van der Waals surface area contributed by atoms with Crippen LogP contribution in [0.3, 0.4) is 0 Å². The standard InChI is InChI=1S/C17H19NO3/c1-3-21-17(19)16(13-9-5-4-6-10-13)18-14-11-7-8-12-15(14)20-2/h4-12,16,18H,3H2,1-2H3. The average molecular weight is 285 g/mol. The minimum Gasteiger partial charge on any atom is -0.495 e. The molecular weight excluding hydrogens is 266 g/mol. The zero-order valence-electron chi connectivity index (χ0n) is 12.2. The normalized spacial score (nSPS) is 11.5. The Kier molecular flexibility index (Phi) is 5.21. The van der Waals surface area contributed by atoms with Crippen molar-refractivity contribution in [1.82, 2.24) is 0 Å². The fourth-order valence-electron chi connectivity index (χ4n) is 2.07. The second-order valence-electron chi connectivity index (χ2n) is 4.44. The first-order chi connectivity index (χ1) is 10.3. The van der Waals surface area contributed by atoms with Crippen molar-refractivity contribution in [1.29, 1.82) is 0 Å². The molecule has 0 aromatic heterocycles. The number of anilines is 1. The highest BCUT2D eigenvalue weighted by Crippen LogP contribution is 2.28. The Bertz CT molecular complexity index is 584. The lowest BCUT2D eigenvalue weighted by molar-refractivity contribution is -0.144. The van der Waals surface area contributed by atoms with Crippen molar-refractivity contribution < 1.29 is 14.3 Å². The summed E-state index contributed by atoms with van der Waals surface area (Å²) in [6, 6.07) is 16.4. The first kappa shape index (κ1) is 14.9. The van der Waals surface area contributed by atoms with Crippen LogP contribution in [-0.2, 0) is 9.53 Å². The lowest BCUT2D eigenvalue weighted by atomic mass is 10.1. The number of nitrogens with one attached hydrogen (secondary N) is 1. The largest absolute Gasteiger partial charge is 0.495 e. The molecule has 0 spiro atoms. The second-order valence-corrected chi connectivity index (χ2v) is 4.44. The molecule has 1 unspecified atom stereocenters. The topological polar surface area (TPSA) is 47.6 Å². The first-order valence-electron chi connectivity index (χ1n) is 6.87. The molecule has 0 aliphatic carbocycles. The number of rotatable bonds is 6. The smallest absolute Gasteiger partial charge is 0.333 e. The highest BCUT2D eigenvalue weighted by molar-refractivity contribution is 5.81. The predicted molar refractivity (Wildman–Crippen MR) is 82.4 cm³/mol. The number of benzene rings is 2. The summed E-state index contributed by atoms with van der Waals surface area (Å²) < 4.78 is 10.5. The van der Waals surface area contributed by atoms with Crippen molar-refractivity contribution in [3.05, 3.63) is 60.2 Å². The molecule has 0 saturated carbocycles. The average Bonchev–Trinajstić information content (AvgIpc) is 2.54. The molecule has 0 aliphatic heterocycles. The van der Waals surface area contributed by atoms with E-state index >= 15 is 0 Å². The van der Waals surface area contributed by atoms with Gasteiger partial charge in [0, 0.05) is 0 Å². The fraction of sp³-hybridized carbons (Fsp3) is 0.235. The fourth-order valence-corrected chi connectivity index (χ4v) is 2.07. The van der Waals surface area contributed by atoms with Crippen LogP contribution < -0.4 is 10.1 Å². The van der Waals surface area contributed by atoms with Crippen molar-refractivity contribution in [2.45, 2.75) is 13.0 Å². The van der Waals surface area contributed by atoms with Gasteiger partial charge in [-0.1, -0.05) is 42.5 Å². The van der Waals surface area contributed by atoms with Gasteiger partial charge in [-0.25, -0.2) is 4.79 Å². The molecule has 4 nitrogen and oxygen atoms in total. The molecule has 0 radical (unpaired) electrons. The van der Waals surface area contributed by atoms with Crippen molar-refractivity contribution in [2.24, 2.45) is 0 Å². The van der Waals surface area contributed by atoms with Gasteiger partial charge in [-0.15, -0.1) is 0 Å². The molecule has 0 bridgehead atoms. The summed E-state index contributed by atoms with van der Waals surface area (Å²) in [4.78, 5) is 12.2. The molecule has 2 aromatic carbocycles. The van der Waals surface area contributed by atoms with Crippen LogP contribution in [0.2, 0.25) is 0 Å². The van der Waals surface area contributed by atoms with Gasteiger partial charge in [0.25, 0.3) is 0 Å². The molecule has 4 heteroatoms. The Labute approximate surface area is 124 Å². The number of hydrogen-bond acceptors (Lipinski definition) is 4. The molecule has 0 fully saturated rings. The molecule has 1 atom stereocenters. The van der Waals surface area contributed by atoms with Gasteiger partial charge in [0.05, 0.1) is 19.4 Å². The first-order valence-corrected chi connectivity index (χ1v) is 6.87. The van der Waals surface area contributed by atoms with Crippen LogP contribution in [0.15, 0.2) is 54.6 Å². The van der Waals surface area contributed by atoms with E-state index in [-0.39, 0.29) is 5.97 Å². The molecule has 2 aromatic rings. The van der Waals surface area contributed by atoms with E-state index in [9.17, 15) is 4.79 Å². The van der Waals surface area contributed by atoms with E-state index in [1.165, 1.54) is 0 Å². The summed E-state index contributed by atoms with van der Waals surface area (Å²) in [6.45, 7) is 2.14. The molecule has 0 aliphatic rings. The molecular formula is C17H19NO3. The third-order valence-electron chi connectivity index (χ3n) is 3.06. The number of para-hydroxylation sites is 2. The highest BCUT2D eigenvalue weighted by atomic mass is 16.5. The van der Waals surface area contributed by atoms with Crippen LogP contribution in [0, 0.1) is 0 Å². The quantitative estimate of drug-likeness (QED) is 0.826. The molecule has 21 heavy (non-hydrogen) atoms. The number of carbonyl (C=O) groups is 1. The minimum absolute atomic E-state index is 0.311. The second kappa shape index (κ2) is 7.33. The molecule has 2 rings (SSSR count). The predicted octanol–water partition coefficient (Wildman–Crippen LogP) is 3.41. The maximum atomic E-state index is 12.2. The van der Waals surface area contributed by atoms with Gasteiger partial charge in [-0.3, -0.25) is 0 Å². The Morgan fingerprint density at radius 1 is 1.10 bits per heavy atom. The van der Waals surface area contributed by atoms with Crippen molar-refractivity contribution in [3.63, 3.8) is 0 Å².